The fourth-order valence-corrected chi connectivity index (χ4v) is 3.76. The molecule has 0 amide bonds. The van der Waals surface area contributed by atoms with E-state index in [2.05, 4.69) is 34.8 Å². The number of H-pyrrole nitrogens is 1. The maximum atomic E-state index is 13.1. The lowest BCUT2D eigenvalue weighted by Crippen LogP contribution is -2.35. The van der Waals surface area contributed by atoms with Gasteiger partial charge in [-0.1, -0.05) is 0 Å². The molecule has 8 nitrogen and oxygen atoms in total. The summed E-state index contributed by atoms with van der Waals surface area (Å²) in [6.45, 7) is 1.59. The zero-order valence-corrected chi connectivity index (χ0v) is 15.7. The van der Waals surface area contributed by atoms with Gasteiger partial charge in [-0.2, -0.15) is 13.2 Å². The molecule has 1 saturated heterocycles. The number of piperidine rings is 1. The second-order valence-electron chi connectivity index (χ2n) is 7.14. The van der Waals surface area contributed by atoms with Crippen LogP contribution in [0.2, 0.25) is 0 Å². The standard InChI is InChI=1S/C19H17F3N8/c20-19(21,22)14-11-30-13(8-27-16(30)9-26-14)18-23-4-3-15(28-18)29-7-1-2-12(10-29)17-24-5-6-25-17/h3-6,8-9,11-12H,1-2,7,10H2,(H,24,25). The van der Waals surface area contributed by atoms with Gasteiger partial charge in [0.25, 0.3) is 0 Å². The Morgan fingerprint density at radius 3 is 2.77 bits per heavy atom. The molecule has 1 aliphatic rings. The van der Waals surface area contributed by atoms with E-state index in [1.165, 1.54) is 10.6 Å². The van der Waals surface area contributed by atoms with Gasteiger partial charge in [0, 0.05) is 43.8 Å². The van der Waals surface area contributed by atoms with Crippen LogP contribution in [0.25, 0.3) is 17.2 Å². The molecule has 1 aliphatic heterocycles. The van der Waals surface area contributed by atoms with Crippen LogP contribution in [0.15, 0.2) is 43.2 Å². The molecule has 1 unspecified atom stereocenters. The van der Waals surface area contributed by atoms with Crippen molar-refractivity contribution in [2.24, 2.45) is 0 Å². The van der Waals surface area contributed by atoms with E-state index in [-0.39, 0.29) is 5.92 Å². The van der Waals surface area contributed by atoms with Crippen LogP contribution in [-0.4, -0.2) is 47.4 Å². The van der Waals surface area contributed by atoms with E-state index in [1.54, 1.807) is 18.5 Å². The third kappa shape index (κ3) is 3.36. The Hall–Kier alpha value is -3.50. The summed E-state index contributed by atoms with van der Waals surface area (Å²) < 4.78 is 40.5. The van der Waals surface area contributed by atoms with Crippen molar-refractivity contribution in [1.29, 1.82) is 0 Å². The van der Waals surface area contributed by atoms with Crippen LogP contribution in [-0.2, 0) is 6.18 Å². The number of hydrogen-bond acceptors (Lipinski definition) is 6. The van der Waals surface area contributed by atoms with Crippen LogP contribution in [0, 0.1) is 0 Å². The number of halogens is 3. The summed E-state index contributed by atoms with van der Waals surface area (Å²) >= 11 is 0. The minimum absolute atomic E-state index is 0.267. The first-order valence-electron chi connectivity index (χ1n) is 9.47. The van der Waals surface area contributed by atoms with Crippen molar-refractivity contribution >= 4 is 11.5 Å². The van der Waals surface area contributed by atoms with Crippen molar-refractivity contribution in [1.82, 2.24) is 34.3 Å². The van der Waals surface area contributed by atoms with Gasteiger partial charge in [0.15, 0.2) is 17.2 Å². The van der Waals surface area contributed by atoms with Crippen molar-refractivity contribution in [2.45, 2.75) is 24.9 Å². The summed E-state index contributed by atoms with van der Waals surface area (Å²) in [5.41, 5.74) is -0.329. The molecule has 0 spiro atoms. The first-order chi connectivity index (χ1) is 14.5. The summed E-state index contributed by atoms with van der Waals surface area (Å²) in [7, 11) is 0. The molecule has 11 heteroatoms. The van der Waals surface area contributed by atoms with Crippen LogP contribution in [0.4, 0.5) is 19.0 Å². The van der Waals surface area contributed by atoms with E-state index in [0.29, 0.717) is 17.2 Å². The highest BCUT2D eigenvalue weighted by molar-refractivity contribution is 5.58. The minimum Gasteiger partial charge on any atom is -0.356 e. The van der Waals surface area contributed by atoms with E-state index in [1.807, 2.05) is 6.20 Å². The molecular formula is C19H17F3N8. The Balaban J connectivity index is 1.48. The van der Waals surface area contributed by atoms with Crippen molar-refractivity contribution in [3.63, 3.8) is 0 Å². The smallest absolute Gasteiger partial charge is 0.356 e. The van der Waals surface area contributed by atoms with Gasteiger partial charge in [-0.05, 0) is 18.9 Å². The van der Waals surface area contributed by atoms with Gasteiger partial charge in [0.1, 0.15) is 17.3 Å². The first kappa shape index (κ1) is 18.5. The van der Waals surface area contributed by atoms with Crippen molar-refractivity contribution < 1.29 is 13.2 Å². The lowest BCUT2D eigenvalue weighted by atomic mass is 9.97. The zero-order valence-electron chi connectivity index (χ0n) is 15.7. The molecule has 30 heavy (non-hydrogen) atoms. The minimum atomic E-state index is -4.55. The maximum Gasteiger partial charge on any atom is 0.434 e. The molecule has 5 heterocycles. The number of fused-ring (bicyclic) bond motifs is 1. The van der Waals surface area contributed by atoms with Crippen molar-refractivity contribution in [2.75, 3.05) is 18.0 Å². The molecular weight excluding hydrogens is 397 g/mol. The molecule has 5 rings (SSSR count). The average molecular weight is 414 g/mol. The van der Waals surface area contributed by atoms with Gasteiger partial charge in [-0.25, -0.2) is 24.9 Å². The molecule has 0 aromatic carbocycles. The second-order valence-corrected chi connectivity index (χ2v) is 7.14. The Bertz CT molecular complexity index is 1170. The molecule has 1 N–H and O–H groups in total. The summed E-state index contributed by atoms with van der Waals surface area (Å²) in [4.78, 5) is 26.1. The van der Waals surface area contributed by atoms with E-state index < -0.39 is 11.9 Å². The molecule has 0 bridgehead atoms. The third-order valence-electron chi connectivity index (χ3n) is 5.21. The van der Waals surface area contributed by atoms with Crippen molar-refractivity contribution in [3.8, 4) is 11.5 Å². The molecule has 0 radical (unpaired) electrons. The molecule has 154 valence electrons. The monoisotopic (exact) mass is 414 g/mol. The van der Waals surface area contributed by atoms with Crippen LogP contribution in [0.5, 0.6) is 0 Å². The highest BCUT2D eigenvalue weighted by Crippen LogP contribution is 2.30. The lowest BCUT2D eigenvalue weighted by Gasteiger charge is -2.32. The normalized spacial score (nSPS) is 17.6. The van der Waals surface area contributed by atoms with E-state index in [0.717, 1.165) is 50.0 Å². The van der Waals surface area contributed by atoms with E-state index in [9.17, 15) is 13.2 Å². The molecule has 0 aliphatic carbocycles. The topological polar surface area (TPSA) is 87.9 Å². The lowest BCUT2D eigenvalue weighted by molar-refractivity contribution is -0.141. The third-order valence-corrected chi connectivity index (χ3v) is 5.21. The zero-order chi connectivity index (χ0) is 20.7. The number of hydrogen-bond donors (Lipinski definition) is 1. The van der Waals surface area contributed by atoms with Crippen LogP contribution < -0.4 is 4.90 Å². The molecule has 4 aromatic rings. The SMILES string of the molecule is FC(F)(F)c1cn2c(-c3nccc(N4CCCC(c5ncc[nH]5)C4)n3)cnc2cn1. The van der Waals surface area contributed by atoms with Crippen LogP contribution in [0.3, 0.4) is 0 Å². The summed E-state index contributed by atoms with van der Waals surface area (Å²) in [6, 6.07) is 1.81. The van der Waals surface area contributed by atoms with Gasteiger partial charge in [-0.15, -0.1) is 0 Å². The number of alkyl halides is 3. The summed E-state index contributed by atoms with van der Waals surface area (Å²) in [5.74, 6) is 2.24. The highest BCUT2D eigenvalue weighted by atomic mass is 19.4. The van der Waals surface area contributed by atoms with E-state index in [4.69, 9.17) is 0 Å². The number of nitrogens with one attached hydrogen (secondary N) is 1. The Labute approximate surface area is 168 Å². The predicted octanol–water partition coefficient (Wildman–Crippen LogP) is 3.31. The van der Waals surface area contributed by atoms with Gasteiger partial charge >= 0.3 is 6.18 Å². The largest absolute Gasteiger partial charge is 0.434 e. The number of aromatic nitrogens is 7. The van der Waals surface area contributed by atoms with Crippen LogP contribution >= 0.6 is 0 Å². The fourth-order valence-electron chi connectivity index (χ4n) is 3.76. The fraction of sp³-hybridized carbons (Fsp3) is 0.316. The summed E-state index contributed by atoms with van der Waals surface area (Å²) in [5, 5.41) is 0. The van der Waals surface area contributed by atoms with Crippen molar-refractivity contribution in [3.05, 3.63) is 54.8 Å². The number of rotatable bonds is 3. The van der Waals surface area contributed by atoms with Gasteiger partial charge in [0.05, 0.1) is 12.4 Å². The maximum absolute atomic E-state index is 13.1. The Morgan fingerprint density at radius 2 is 1.97 bits per heavy atom. The Morgan fingerprint density at radius 1 is 1.07 bits per heavy atom. The number of nitrogens with zero attached hydrogens (tertiary/aromatic N) is 7. The van der Waals surface area contributed by atoms with Gasteiger partial charge < -0.3 is 9.88 Å². The second kappa shape index (κ2) is 7.08. The quantitative estimate of drug-likeness (QED) is 0.553. The van der Waals surface area contributed by atoms with Crippen LogP contribution in [0.1, 0.15) is 30.3 Å². The van der Waals surface area contributed by atoms with Gasteiger partial charge in [0.2, 0.25) is 0 Å². The van der Waals surface area contributed by atoms with E-state index >= 15 is 0 Å². The predicted molar refractivity (Wildman–Crippen MR) is 102 cm³/mol. The highest BCUT2D eigenvalue weighted by Gasteiger charge is 2.33. The average Bonchev–Trinajstić information content (AvgIpc) is 3.43. The molecule has 4 aromatic heterocycles. The molecule has 1 atom stereocenters. The Kier molecular flexibility index (Phi) is 4.37. The first-order valence-corrected chi connectivity index (χ1v) is 9.47. The summed E-state index contributed by atoms with van der Waals surface area (Å²) in [6.07, 6.45) is 6.10. The number of imidazole rings is 2. The molecule has 0 saturated carbocycles. The number of anilines is 1. The number of aromatic amines is 1. The van der Waals surface area contributed by atoms with Gasteiger partial charge in [-0.3, -0.25) is 4.40 Å². The molecule has 1 fully saturated rings.